The summed E-state index contributed by atoms with van der Waals surface area (Å²) in [4.78, 5) is 14.2. The van der Waals surface area contributed by atoms with Crippen LogP contribution in [0.5, 0.6) is 0 Å². The molecule has 0 saturated carbocycles. The van der Waals surface area contributed by atoms with Gasteiger partial charge in [-0.3, -0.25) is 4.79 Å². The summed E-state index contributed by atoms with van der Waals surface area (Å²) in [6.45, 7) is 7.33. The number of halogens is 1. The van der Waals surface area contributed by atoms with Crippen LogP contribution in [0.4, 0.5) is 0 Å². The van der Waals surface area contributed by atoms with Crippen LogP contribution in [0.2, 0.25) is 0 Å². The monoisotopic (exact) mass is 280 g/mol. The van der Waals surface area contributed by atoms with Gasteiger partial charge in [-0.05, 0) is 6.92 Å². The van der Waals surface area contributed by atoms with Crippen LogP contribution in [0, 0.1) is 0 Å². The summed E-state index contributed by atoms with van der Waals surface area (Å²) in [5.74, 6) is 1.20. The first-order valence-corrected chi connectivity index (χ1v) is 6.99. The fourth-order valence-electron chi connectivity index (χ4n) is 2.15. The summed E-state index contributed by atoms with van der Waals surface area (Å²) >= 11 is 1.94. The van der Waals surface area contributed by atoms with E-state index in [1.165, 1.54) is 0 Å². The summed E-state index contributed by atoms with van der Waals surface area (Å²) in [6, 6.07) is 0.316. The fourth-order valence-corrected chi connectivity index (χ4v) is 3.25. The van der Waals surface area contributed by atoms with Crippen LogP contribution in [-0.2, 0) is 9.53 Å². The molecule has 2 aliphatic rings. The smallest absolute Gasteiger partial charge is 0.253 e. The van der Waals surface area contributed by atoms with Crippen LogP contribution in [0.25, 0.3) is 0 Å². The predicted octanol–water partition coefficient (Wildman–Crippen LogP) is 0.749. The van der Waals surface area contributed by atoms with Crippen LogP contribution in [0.3, 0.4) is 0 Å². The van der Waals surface area contributed by atoms with Crippen LogP contribution in [0.15, 0.2) is 0 Å². The molecule has 0 aromatic rings. The maximum Gasteiger partial charge on any atom is 0.253 e. The number of rotatable bonds is 1. The van der Waals surface area contributed by atoms with E-state index >= 15 is 0 Å². The van der Waals surface area contributed by atoms with Crippen molar-refractivity contribution < 1.29 is 9.53 Å². The average molecular weight is 281 g/mol. The lowest BCUT2D eigenvalue weighted by molar-refractivity contribution is -0.147. The number of carbonyl (C=O) groups excluding carboxylic acids is 1. The first kappa shape index (κ1) is 15.1. The Morgan fingerprint density at radius 3 is 2.88 bits per heavy atom. The van der Waals surface area contributed by atoms with Crippen LogP contribution in [-0.4, -0.2) is 60.2 Å². The Morgan fingerprint density at radius 2 is 2.24 bits per heavy atom. The minimum Gasteiger partial charge on any atom is -0.366 e. The summed E-state index contributed by atoms with van der Waals surface area (Å²) in [7, 11) is 0. The van der Waals surface area contributed by atoms with Gasteiger partial charge in [0, 0.05) is 36.7 Å². The Hall–Kier alpha value is 0.0300. The molecule has 2 saturated heterocycles. The summed E-state index contributed by atoms with van der Waals surface area (Å²) in [5, 5.41) is 3.73. The van der Waals surface area contributed by atoms with Crippen molar-refractivity contribution >= 4 is 30.1 Å². The highest BCUT2D eigenvalue weighted by molar-refractivity contribution is 8.00. The molecule has 4 nitrogen and oxygen atoms in total. The fraction of sp³-hybridized carbons (Fsp3) is 0.909. The highest BCUT2D eigenvalue weighted by atomic mass is 35.5. The van der Waals surface area contributed by atoms with Crippen molar-refractivity contribution in [2.24, 2.45) is 0 Å². The van der Waals surface area contributed by atoms with Gasteiger partial charge in [0.1, 0.15) is 6.10 Å². The molecule has 1 amide bonds. The van der Waals surface area contributed by atoms with Gasteiger partial charge >= 0.3 is 0 Å². The Kier molecular flexibility index (Phi) is 6.06. The van der Waals surface area contributed by atoms with Crippen molar-refractivity contribution in [2.75, 3.05) is 32.0 Å². The van der Waals surface area contributed by atoms with Crippen LogP contribution in [0.1, 0.15) is 13.8 Å². The predicted molar refractivity (Wildman–Crippen MR) is 73.0 cm³/mol. The van der Waals surface area contributed by atoms with Crippen molar-refractivity contribution in [3.63, 3.8) is 0 Å². The number of morpholine rings is 1. The van der Waals surface area contributed by atoms with Crippen LogP contribution >= 0.6 is 24.2 Å². The molecule has 0 aliphatic carbocycles. The van der Waals surface area contributed by atoms with E-state index in [0.29, 0.717) is 24.4 Å². The highest BCUT2D eigenvalue weighted by Crippen LogP contribution is 2.25. The Bertz CT molecular complexity index is 262. The molecule has 2 rings (SSSR count). The van der Waals surface area contributed by atoms with Gasteiger partial charge in [-0.25, -0.2) is 0 Å². The van der Waals surface area contributed by atoms with Gasteiger partial charge in [0.05, 0.1) is 6.61 Å². The second-order valence-corrected chi connectivity index (χ2v) is 5.90. The minimum absolute atomic E-state index is 0. The largest absolute Gasteiger partial charge is 0.366 e. The van der Waals surface area contributed by atoms with Gasteiger partial charge < -0.3 is 15.0 Å². The molecule has 2 heterocycles. The Balaban J connectivity index is 0.00000144. The third-order valence-electron chi connectivity index (χ3n) is 3.37. The van der Waals surface area contributed by atoms with Crippen molar-refractivity contribution in [2.45, 2.75) is 31.2 Å². The molecule has 3 unspecified atom stereocenters. The second-order valence-electron chi connectivity index (χ2n) is 4.41. The molecule has 1 N–H and O–H groups in total. The molecule has 6 heteroatoms. The molecule has 2 aliphatic heterocycles. The second kappa shape index (κ2) is 6.83. The number of hydrogen-bond donors (Lipinski definition) is 1. The molecule has 0 radical (unpaired) electrons. The Labute approximate surface area is 113 Å². The number of amides is 1. The SMILES string of the molecule is CC1SCCN(C(=O)C2CNCCO2)C1C.Cl. The van der Waals surface area contributed by atoms with Crippen molar-refractivity contribution in [1.82, 2.24) is 10.2 Å². The molecular formula is C11H21ClN2O2S. The lowest BCUT2D eigenvalue weighted by atomic mass is 10.1. The molecule has 3 atom stereocenters. The lowest BCUT2D eigenvalue weighted by Gasteiger charge is -2.39. The van der Waals surface area contributed by atoms with E-state index in [4.69, 9.17) is 4.74 Å². The first-order chi connectivity index (χ1) is 7.70. The average Bonchev–Trinajstić information content (AvgIpc) is 2.33. The van der Waals surface area contributed by atoms with Gasteiger partial charge in [-0.1, -0.05) is 6.92 Å². The molecule has 0 bridgehead atoms. The number of hydrogen-bond acceptors (Lipinski definition) is 4. The quantitative estimate of drug-likeness (QED) is 0.770. The summed E-state index contributed by atoms with van der Waals surface area (Å²) in [5.41, 5.74) is 0. The highest BCUT2D eigenvalue weighted by Gasteiger charge is 2.33. The van der Waals surface area contributed by atoms with E-state index in [1.807, 2.05) is 16.7 Å². The number of ether oxygens (including phenoxy) is 1. The third-order valence-corrected chi connectivity index (χ3v) is 4.71. The lowest BCUT2D eigenvalue weighted by Crippen LogP contribution is -2.55. The number of nitrogens with zero attached hydrogens (tertiary/aromatic N) is 1. The summed E-state index contributed by atoms with van der Waals surface area (Å²) in [6.07, 6.45) is -0.272. The van der Waals surface area contributed by atoms with Gasteiger partial charge in [-0.2, -0.15) is 11.8 Å². The van der Waals surface area contributed by atoms with Crippen LogP contribution < -0.4 is 5.32 Å². The van der Waals surface area contributed by atoms with Crippen molar-refractivity contribution in [3.05, 3.63) is 0 Å². The molecule has 0 aromatic heterocycles. The maximum atomic E-state index is 12.3. The standard InChI is InChI=1S/C11H20N2O2S.ClH/c1-8-9(2)16-6-4-13(8)11(14)10-7-12-3-5-15-10;/h8-10,12H,3-7H2,1-2H3;1H. The van der Waals surface area contributed by atoms with Gasteiger partial charge in [0.25, 0.3) is 5.91 Å². The zero-order valence-corrected chi connectivity index (χ0v) is 12.0. The zero-order valence-electron chi connectivity index (χ0n) is 10.3. The van der Waals surface area contributed by atoms with E-state index in [1.54, 1.807) is 0 Å². The molecule has 2 fully saturated rings. The molecule has 17 heavy (non-hydrogen) atoms. The minimum atomic E-state index is -0.272. The molecule has 0 aromatic carbocycles. The van der Waals surface area contributed by atoms with E-state index < -0.39 is 0 Å². The third kappa shape index (κ3) is 3.50. The van der Waals surface area contributed by atoms with Crippen molar-refractivity contribution in [3.8, 4) is 0 Å². The van der Waals surface area contributed by atoms with Gasteiger partial charge in [-0.15, -0.1) is 12.4 Å². The normalized spacial score (nSPS) is 34.0. The number of nitrogens with one attached hydrogen (secondary N) is 1. The maximum absolute atomic E-state index is 12.3. The first-order valence-electron chi connectivity index (χ1n) is 5.94. The van der Waals surface area contributed by atoms with Gasteiger partial charge in [0.15, 0.2) is 0 Å². The van der Waals surface area contributed by atoms with E-state index in [2.05, 4.69) is 19.2 Å². The van der Waals surface area contributed by atoms with E-state index in [0.717, 1.165) is 18.8 Å². The van der Waals surface area contributed by atoms with E-state index in [9.17, 15) is 4.79 Å². The Morgan fingerprint density at radius 1 is 1.47 bits per heavy atom. The number of thioether (sulfide) groups is 1. The van der Waals surface area contributed by atoms with Crippen molar-refractivity contribution in [1.29, 1.82) is 0 Å². The summed E-state index contributed by atoms with van der Waals surface area (Å²) < 4.78 is 5.52. The zero-order chi connectivity index (χ0) is 11.5. The van der Waals surface area contributed by atoms with E-state index in [-0.39, 0.29) is 24.4 Å². The number of carbonyl (C=O) groups is 1. The van der Waals surface area contributed by atoms with Gasteiger partial charge in [0.2, 0.25) is 0 Å². The molecular weight excluding hydrogens is 260 g/mol. The molecule has 0 spiro atoms. The topological polar surface area (TPSA) is 41.6 Å². The molecule has 100 valence electrons.